The van der Waals surface area contributed by atoms with E-state index >= 15 is 0 Å². The van der Waals surface area contributed by atoms with E-state index in [9.17, 15) is 14.4 Å². The van der Waals surface area contributed by atoms with Crippen molar-refractivity contribution in [2.75, 3.05) is 41.8 Å². The van der Waals surface area contributed by atoms with Gasteiger partial charge in [-0.1, -0.05) is 60.7 Å². The maximum Gasteiger partial charge on any atom is 0.259 e. The highest BCUT2D eigenvalue weighted by molar-refractivity contribution is 5.94. The van der Waals surface area contributed by atoms with Crippen LogP contribution in [0, 0.1) is 0 Å². The molecule has 0 aromatic heterocycles. The average Bonchev–Trinajstić information content (AvgIpc) is 2.90. The number of hydrogen-bond donors (Lipinski definition) is 2. The lowest BCUT2D eigenvalue weighted by Gasteiger charge is -2.35. The van der Waals surface area contributed by atoms with Crippen molar-refractivity contribution in [3.8, 4) is 0 Å². The Morgan fingerprint density at radius 1 is 0.865 bits per heavy atom. The molecule has 0 bridgehead atoms. The Morgan fingerprint density at radius 3 is 1.92 bits per heavy atom. The standard InChI is InChI=1S/C28H41N5O4/c1-28(2,29-3)27(36)30-23(20-37-19-22-16-12-9-13-17-22)25(34)32(6)24(26(35)33(7)31(4)5)18-21-14-10-8-11-15-21/h8-17,23-24,29H,18-20H2,1-7H3,(H,30,36)/t23?,24-/m1/s1. The molecule has 0 saturated carbocycles. The number of carbonyl (C=O) groups is 3. The number of rotatable bonds is 13. The summed E-state index contributed by atoms with van der Waals surface area (Å²) in [6.07, 6.45) is 0.327. The van der Waals surface area contributed by atoms with Gasteiger partial charge in [0.05, 0.1) is 18.8 Å². The Kier molecular flexibility index (Phi) is 11.2. The van der Waals surface area contributed by atoms with Gasteiger partial charge in [0.25, 0.3) is 5.91 Å². The molecule has 0 heterocycles. The zero-order chi connectivity index (χ0) is 27.6. The molecule has 37 heavy (non-hydrogen) atoms. The Hall–Kier alpha value is -3.27. The molecule has 2 atom stereocenters. The number of nitrogens with zero attached hydrogens (tertiary/aromatic N) is 3. The molecule has 9 nitrogen and oxygen atoms in total. The summed E-state index contributed by atoms with van der Waals surface area (Å²) in [5.74, 6) is -0.994. The number of carbonyl (C=O) groups excluding carboxylic acids is 3. The fraction of sp³-hybridized carbons (Fsp3) is 0.464. The first-order chi connectivity index (χ1) is 17.5. The number of hydrazine groups is 1. The van der Waals surface area contributed by atoms with Crippen LogP contribution in [0.2, 0.25) is 0 Å². The number of nitrogens with one attached hydrogen (secondary N) is 2. The van der Waals surface area contributed by atoms with Crippen LogP contribution in [-0.2, 0) is 32.1 Å². The highest BCUT2D eigenvalue weighted by atomic mass is 16.5. The quantitative estimate of drug-likeness (QED) is 0.398. The van der Waals surface area contributed by atoms with Crippen LogP contribution >= 0.6 is 0 Å². The molecule has 0 saturated heterocycles. The van der Waals surface area contributed by atoms with Crippen LogP contribution in [0.4, 0.5) is 0 Å². The van der Waals surface area contributed by atoms with Gasteiger partial charge in [0.15, 0.2) is 0 Å². The lowest BCUT2D eigenvalue weighted by atomic mass is 10.0. The normalized spacial score (nSPS) is 13.1. The Morgan fingerprint density at radius 2 is 1.41 bits per heavy atom. The van der Waals surface area contributed by atoms with E-state index < -0.39 is 23.5 Å². The first kappa shape index (κ1) is 30.0. The highest BCUT2D eigenvalue weighted by Crippen LogP contribution is 2.14. The lowest BCUT2D eigenvalue weighted by Crippen LogP contribution is -2.61. The van der Waals surface area contributed by atoms with E-state index in [0.29, 0.717) is 6.42 Å². The van der Waals surface area contributed by atoms with E-state index in [-0.39, 0.29) is 25.0 Å². The van der Waals surface area contributed by atoms with E-state index in [0.717, 1.165) is 11.1 Å². The number of likely N-dealkylation sites (N-methyl/N-ethyl adjacent to an activating group) is 3. The van der Waals surface area contributed by atoms with Gasteiger partial charge in [-0.15, -0.1) is 0 Å². The van der Waals surface area contributed by atoms with Crippen molar-refractivity contribution in [2.45, 2.75) is 44.5 Å². The van der Waals surface area contributed by atoms with E-state index in [1.807, 2.05) is 60.7 Å². The van der Waals surface area contributed by atoms with E-state index in [4.69, 9.17) is 4.74 Å². The summed E-state index contributed by atoms with van der Waals surface area (Å²) in [6, 6.07) is 17.4. The van der Waals surface area contributed by atoms with Crippen molar-refractivity contribution in [1.82, 2.24) is 25.6 Å². The van der Waals surface area contributed by atoms with Crippen LogP contribution in [0.25, 0.3) is 0 Å². The van der Waals surface area contributed by atoms with Crippen LogP contribution in [0.5, 0.6) is 0 Å². The second-order valence-corrected chi connectivity index (χ2v) is 9.77. The summed E-state index contributed by atoms with van der Waals surface area (Å²) in [5, 5.41) is 8.92. The molecular formula is C28H41N5O4. The van der Waals surface area contributed by atoms with Crippen molar-refractivity contribution in [1.29, 1.82) is 0 Å². The van der Waals surface area contributed by atoms with Gasteiger partial charge < -0.3 is 20.3 Å². The summed E-state index contributed by atoms with van der Waals surface area (Å²) in [6.45, 7) is 3.70. The van der Waals surface area contributed by atoms with Crippen molar-refractivity contribution >= 4 is 17.7 Å². The lowest BCUT2D eigenvalue weighted by molar-refractivity contribution is -0.153. The molecule has 0 aliphatic carbocycles. The second-order valence-electron chi connectivity index (χ2n) is 9.77. The second kappa shape index (κ2) is 13.9. The third kappa shape index (κ3) is 8.66. The fourth-order valence-corrected chi connectivity index (χ4v) is 3.54. The molecule has 0 fully saturated rings. The van der Waals surface area contributed by atoms with Gasteiger partial charge in [-0.2, -0.15) is 0 Å². The zero-order valence-electron chi connectivity index (χ0n) is 23.0. The number of hydrogen-bond acceptors (Lipinski definition) is 6. The molecule has 0 aliphatic heterocycles. The van der Waals surface area contributed by atoms with Gasteiger partial charge in [0.1, 0.15) is 12.1 Å². The summed E-state index contributed by atoms with van der Waals surface area (Å²) in [5.41, 5.74) is 0.972. The molecule has 202 valence electrons. The molecule has 0 aliphatic rings. The van der Waals surface area contributed by atoms with Gasteiger partial charge >= 0.3 is 0 Å². The summed E-state index contributed by atoms with van der Waals surface area (Å²) >= 11 is 0. The van der Waals surface area contributed by atoms with Crippen LogP contribution in [0.3, 0.4) is 0 Å². The smallest absolute Gasteiger partial charge is 0.259 e. The summed E-state index contributed by atoms with van der Waals surface area (Å²) in [7, 11) is 8.46. The Bertz CT molecular complexity index is 1010. The monoisotopic (exact) mass is 511 g/mol. The molecule has 0 radical (unpaired) electrons. The van der Waals surface area contributed by atoms with Gasteiger partial charge in [-0.3, -0.25) is 19.4 Å². The fourth-order valence-electron chi connectivity index (χ4n) is 3.54. The van der Waals surface area contributed by atoms with E-state index in [1.165, 1.54) is 9.91 Å². The predicted molar refractivity (Wildman–Crippen MR) is 144 cm³/mol. The molecular weight excluding hydrogens is 470 g/mol. The first-order valence-corrected chi connectivity index (χ1v) is 12.3. The predicted octanol–water partition coefficient (Wildman–Crippen LogP) is 1.69. The molecule has 2 N–H and O–H groups in total. The average molecular weight is 512 g/mol. The van der Waals surface area contributed by atoms with Crippen molar-refractivity contribution in [2.24, 2.45) is 0 Å². The number of amides is 3. The number of ether oxygens (including phenoxy) is 1. The molecule has 2 rings (SSSR count). The van der Waals surface area contributed by atoms with Crippen LogP contribution < -0.4 is 10.6 Å². The Labute approximate surface area is 220 Å². The third-order valence-electron chi connectivity index (χ3n) is 6.48. The van der Waals surface area contributed by atoms with Gasteiger partial charge in [0, 0.05) is 34.6 Å². The summed E-state index contributed by atoms with van der Waals surface area (Å²) in [4.78, 5) is 41.6. The van der Waals surface area contributed by atoms with Gasteiger partial charge in [0.2, 0.25) is 11.8 Å². The third-order valence-corrected chi connectivity index (χ3v) is 6.48. The molecule has 0 spiro atoms. The van der Waals surface area contributed by atoms with Crippen molar-refractivity contribution in [3.63, 3.8) is 0 Å². The topological polar surface area (TPSA) is 94.2 Å². The maximum atomic E-state index is 13.8. The SMILES string of the molecule is CNC(C)(C)C(=O)NC(COCc1ccccc1)C(=O)N(C)[C@H](Cc1ccccc1)C(=O)N(C)N(C)C. The minimum atomic E-state index is -0.982. The van der Waals surface area contributed by atoms with E-state index in [1.54, 1.807) is 54.1 Å². The van der Waals surface area contributed by atoms with Gasteiger partial charge in [-0.05, 0) is 32.0 Å². The first-order valence-electron chi connectivity index (χ1n) is 12.3. The largest absolute Gasteiger partial charge is 0.374 e. The zero-order valence-corrected chi connectivity index (χ0v) is 23.0. The molecule has 9 heteroatoms. The van der Waals surface area contributed by atoms with Crippen LogP contribution in [-0.4, -0.2) is 92.1 Å². The molecule has 2 aromatic carbocycles. The molecule has 3 amide bonds. The Balaban J connectivity index is 2.30. The maximum absolute atomic E-state index is 13.8. The molecule has 2 aromatic rings. The highest BCUT2D eigenvalue weighted by Gasteiger charge is 2.36. The van der Waals surface area contributed by atoms with E-state index in [2.05, 4.69) is 10.6 Å². The molecule has 1 unspecified atom stereocenters. The minimum absolute atomic E-state index is 0.0423. The minimum Gasteiger partial charge on any atom is -0.374 e. The van der Waals surface area contributed by atoms with Crippen LogP contribution in [0.15, 0.2) is 60.7 Å². The van der Waals surface area contributed by atoms with Crippen molar-refractivity contribution in [3.05, 3.63) is 71.8 Å². The van der Waals surface area contributed by atoms with Crippen molar-refractivity contribution < 1.29 is 19.1 Å². The van der Waals surface area contributed by atoms with Crippen LogP contribution in [0.1, 0.15) is 25.0 Å². The van der Waals surface area contributed by atoms with Gasteiger partial charge in [-0.25, -0.2) is 5.01 Å². The number of benzene rings is 2. The summed E-state index contributed by atoms with van der Waals surface area (Å²) < 4.78 is 5.86.